The maximum Gasteiger partial charge on any atom is 0.416 e. The van der Waals surface area contributed by atoms with Crippen LogP contribution in [0.2, 0.25) is 0 Å². The van der Waals surface area contributed by atoms with E-state index in [1.165, 1.54) is 17.7 Å². The van der Waals surface area contributed by atoms with Crippen LogP contribution in [0.25, 0.3) is 0 Å². The molecule has 0 saturated carbocycles. The number of rotatable bonds is 5. The molecule has 28 heavy (non-hydrogen) atoms. The summed E-state index contributed by atoms with van der Waals surface area (Å²) in [5.41, 5.74) is 3.82. The largest absolute Gasteiger partial charge is 0.416 e. The van der Waals surface area contributed by atoms with E-state index in [0.717, 1.165) is 49.4 Å². The van der Waals surface area contributed by atoms with Gasteiger partial charge in [0.2, 0.25) is 0 Å². The van der Waals surface area contributed by atoms with Gasteiger partial charge in [0.25, 0.3) is 5.91 Å². The predicted molar refractivity (Wildman–Crippen MR) is 104 cm³/mol. The summed E-state index contributed by atoms with van der Waals surface area (Å²) in [6.07, 6.45) is 0.392. The number of nitrogens with zero attached hydrogens (tertiary/aromatic N) is 2. The van der Waals surface area contributed by atoms with Crippen LogP contribution in [-0.2, 0) is 25.6 Å². The Balaban J connectivity index is 2.06. The third-order valence-corrected chi connectivity index (χ3v) is 5.55. The van der Waals surface area contributed by atoms with Gasteiger partial charge in [0.05, 0.1) is 5.56 Å². The summed E-state index contributed by atoms with van der Waals surface area (Å²) in [6, 6.07) is 5.41. The van der Waals surface area contributed by atoms with E-state index in [4.69, 9.17) is 0 Å². The SMILES string of the molecule is CCCN(C)C(=O)c1c(C)c2c(n1Cc1cccc(C(F)(F)F)c1)CCCC2. The molecule has 1 amide bonds. The molecule has 0 unspecified atom stereocenters. The minimum absolute atomic E-state index is 0.0549. The van der Waals surface area contributed by atoms with Gasteiger partial charge in [0.15, 0.2) is 0 Å². The number of hydrogen-bond donors (Lipinski definition) is 0. The maximum atomic E-state index is 13.1. The van der Waals surface area contributed by atoms with Gasteiger partial charge in [-0.05, 0) is 67.9 Å². The molecule has 1 aliphatic carbocycles. The number of fused-ring (bicyclic) bond motifs is 1. The molecule has 0 bridgehead atoms. The standard InChI is InChI=1S/C22H27F3N2O/c1-4-12-26(3)21(28)20-15(2)18-10-5-6-11-19(18)27(20)14-16-8-7-9-17(13-16)22(23,24)25/h7-9,13H,4-6,10-12,14H2,1-3H3. The van der Waals surface area contributed by atoms with Gasteiger partial charge in [0, 0.05) is 25.8 Å². The molecule has 2 aromatic rings. The first-order valence-corrected chi connectivity index (χ1v) is 9.86. The van der Waals surface area contributed by atoms with E-state index in [2.05, 4.69) is 0 Å². The Morgan fingerprint density at radius 2 is 1.93 bits per heavy atom. The van der Waals surface area contributed by atoms with Crippen molar-refractivity contribution in [3.05, 3.63) is 57.9 Å². The first kappa shape index (κ1) is 20.5. The van der Waals surface area contributed by atoms with Crippen LogP contribution in [0.15, 0.2) is 24.3 Å². The summed E-state index contributed by atoms with van der Waals surface area (Å²) in [6.45, 7) is 4.92. The molecule has 0 atom stereocenters. The average Bonchev–Trinajstić information content (AvgIpc) is 2.93. The van der Waals surface area contributed by atoms with Gasteiger partial charge < -0.3 is 9.47 Å². The topological polar surface area (TPSA) is 25.2 Å². The van der Waals surface area contributed by atoms with Crippen LogP contribution in [0.3, 0.4) is 0 Å². The van der Waals surface area contributed by atoms with Crippen LogP contribution in [-0.4, -0.2) is 29.0 Å². The van der Waals surface area contributed by atoms with Crippen LogP contribution in [0.1, 0.15) is 64.6 Å². The lowest BCUT2D eigenvalue weighted by Crippen LogP contribution is -2.30. The zero-order chi connectivity index (χ0) is 20.5. The van der Waals surface area contributed by atoms with E-state index in [9.17, 15) is 18.0 Å². The van der Waals surface area contributed by atoms with E-state index in [1.807, 2.05) is 18.4 Å². The van der Waals surface area contributed by atoms with E-state index in [-0.39, 0.29) is 12.5 Å². The minimum atomic E-state index is -4.37. The van der Waals surface area contributed by atoms with Gasteiger partial charge in [-0.15, -0.1) is 0 Å². The van der Waals surface area contributed by atoms with Crippen molar-refractivity contribution in [2.24, 2.45) is 0 Å². The number of alkyl halides is 3. The quantitative estimate of drug-likeness (QED) is 0.684. The van der Waals surface area contributed by atoms with E-state index in [1.54, 1.807) is 18.0 Å². The molecule has 1 aliphatic rings. The Morgan fingerprint density at radius 3 is 2.61 bits per heavy atom. The van der Waals surface area contributed by atoms with Crippen LogP contribution in [0.4, 0.5) is 13.2 Å². The monoisotopic (exact) mass is 392 g/mol. The lowest BCUT2D eigenvalue weighted by molar-refractivity contribution is -0.137. The average molecular weight is 392 g/mol. The number of benzene rings is 1. The molecule has 0 radical (unpaired) electrons. The number of amides is 1. The lowest BCUT2D eigenvalue weighted by atomic mass is 9.95. The van der Waals surface area contributed by atoms with Crippen molar-refractivity contribution in [1.29, 1.82) is 0 Å². The summed E-state index contributed by atoms with van der Waals surface area (Å²) < 4.78 is 41.3. The zero-order valence-corrected chi connectivity index (χ0v) is 16.7. The fraction of sp³-hybridized carbons (Fsp3) is 0.500. The first-order valence-electron chi connectivity index (χ1n) is 9.86. The highest BCUT2D eigenvalue weighted by Crippen LogP contribution is 2.33. The Labute approximate surface area is 164 Å². The third-order valence-electron chi connectivity index (χ3n) is 5.55. The summed E-state index contributed by atoms with van der Waals surface area (Å²) in [4.78, 5) is 14.8. The third kappa shape index (κ3) is 3.96. The molecule has 1 aromatic heterocycles. The number of carbonyl (C=O) groups excluding carboxylic acids is 1. The Hall–Kier alpha value is -2.24. The molecule has 0 fully saturated rings. The van der Waals surface area contributed by atoms with Crippen molar-refractivity contribution < 1.29 is 18.0 Å². The van der Waals surface area contributed by atoms with Gasteiger partial charge in [-0.25, -0.2) is 0 Å². The second kappa shape index (κ2) is 8.02. The molecule has 0 aliphatic heterocycles. The fourth-order valence-corrected chi connectivity index (χ4v) is 4.17. The molecule has 1 heterocycles. The van der Waals surface area contributed by atoms with Crippen molar-refractivity contribution in [1.82, 2.24) is 9.47 Å². The van der Waals surface area contributed by atoms with E-state index >= 15 is 0 Å². The van der Waals surface area contributed by atoms with Crippen LogP contribution < -0.4 is 0 Å². The molecule has 152 valence electrons. The van der Waals surface area contributed by atoms with Crippen molar-refractivity contribution in [2.75, 3.05) is 13.6 Å². The number of aromatic nitrogens is 1. The molecule has 1 aromatic carbocycles. The highest BCUT2D eigenvalue weighted by atomic mass is 19.4. The normalized spacial score (nSPS) is 14.1. The van der Waals surface area contributed by atoms with E-state index < -0.39 is 11.7 Å². The van der Waals surface area contributed by atoms with Crippen LogP contribution in [0.5, 0.6) is 0 Å². The molecule has 6 heteroatoms. The molecule has 3 rings (SSSR count). The van der Waals surface area contributed by atoms with Crippen LogP contribution >= 0.6 is 0 Å². The summed E-state index contributed by atoms with van der Waals surface area (Å²) in [7, 11) is 1.78. The number of halogens is 3. The van der Waals surface area contributed by atoms with Crippen molar-refractivity contribution >= 4 is 5.91 Å². The number of carbonyl (C=O) groups is 1. The summed E-state index contributed by atoms with van der Waals surface area (Å²) in [5, 5.41) is 0. The van der Waals surface area contributed by atoms with Gasteiger partial charge in [-0.3, -0.25) is 4.79 Å². The molecule has 0 spiro atoms. The van der Waals surface area contributed by atoms with Gasteiger partial charge in [-0.2, -0.15) is 13.2 Å². The minimum Gasteiger partial charge on any atom is -0.340 e. The second-order valence-electron chi connectivity index (χ2n) is 7.62. The molecule has 0 saturated heterocycles. The zero-order valence-electron chi connectivity index (χ0n) is 16.7. The summed E-state index contributed by atoms with van der Waals surface area (Å²) in [5.74, 6) is -0.0549. The van der Waals surface area contributed by atoms with E-state index in [0.29, 0.717) is 17.8 Å². The van der Waals surface area contributed by atoms with Gasteiger partial charge >= 0.3 is 6.18 Å². The molecular formula is C22H27F3N2O. The Bertz CT molecular complexity index is 867. The molecule has 3 nitrogen and oxygen atoms in total. The molecular weight excluding hydrogens is 365 g/mol. The van der Waals surface area contributed by atoms with Crippen molar-refractivity contribution in [2.45, 2.75) is 58.7 Å². The van der Waals surface area contributed by atoms with Gasteiger partial charge in [-0.1, -0.05) is 19.1 Å². The lowest BCUT2D eigenvalue weighted by Gasteiger charge is -2.20. The second-order valence-corrected chi connectivity index (χ2v) is 7.62. The van der Waals surface area contributed by atoms with Crippen molar-refractivity contribution in [3.8, 4) is 0 Å². The Kier molecular flexibility index (Phi) is 5.87. The number of hydrogen-bond acceptors (Lipinski definition) is 1. The Morgan fingerprint density at radius 1 is 1.21 bits per heavy atom. The molecule has 0 N–H and O–H groups in total. The smallest absolute Gasteiger partial charge is 0.340 e. The predicted octanol–water partition coefficient (Wildman–Crippen LogP) is 5.22. The fourth-order valence-electron chi connectivity index (χ4n) is 4.17. The maximum absolute atomic E-state index is 13.1. The van der Waals surface area contributed by atoms with Gasteiger partial charge in [0.1, 0.15) is 5.69 Å². The highest BCUT2D eigenvalue weighted by Gasteiger charge is 2.31. The van der Waals surface area contributed by atoms with Crippen molar-refractivity contribution in [3.63, 3.8) is 0 Å². The first-order chi connectivity index (χ1) is 13.2. The highest BCUT2D eigenvalue weighted by molar-refractivity contribution is 5.95. The summed E-state index contributed by atoms with van der Waals surface area (Å²) >= 11 is 0. The van der Waals surface area contributed by atoms with Crippen LogP contribution in [0, 0.1) is 6.92 Å².